The highest BCUT2D eigenvalue weighted by Gasteiger charge is 2.07. The highest BCUT2D eigenvalue weighted by molar-refractivity contribution is 5.91. The minimum atomic E-state index is -0.459. The summed E-state index contributed by atoms with van der Waals surface area (Å²) in [4.78, 5) is 26.3. The van der Waals surface area contributed by atoms with Crippen molar-refractivity contribution < 1.29 is 14.3 Å². The smallest absolute Gasteiger partial charge is 0.308 e. The van der Waals surface area contributed by atoms with Crippen LogP contribution in [0, 0.1) is 0 Å². The first-order chi connectivity index (χ1) is 11.5. The second kappa shape index (κ2) is 7.79. The van der Waals surface area contributed by atoms with Gasteiger partial charge in [-0.2, -0.15) is 0 Å². The fourth-order valence-electron chi connectivity index (χ4n) is 1.70. The zero-order valence-corrected chi connectivity index (χ0v) is 12.9. The number of carbonyl (C=O) groups excluding carboxylic acids is 2. The SMILES string of the molecule is CC(=O)Oc1ccccc1/N=N/c1ccc(NC(=O)CN)nc1N. The number of nitrogens with zero attached hydrogens (tertiary/aromatic N) is 3. The van der Waals surface area contributed by atoms with Crippen LogP contribution in [0.4, 0.5) is 23.0 Å². The maximum absolute atomic E-state index is 11.2. The molecule has 0 bridgehead atoms. The maximum atomic E-state index is 11.2. The van der Waals surface area contributed by atoms with E-state index >= 15 is 0 Å². The molecule has 1 aromatic heterocycles. The van der Waals surface area contributed by atoms with E-state index in [1.165, 1.54) is 13.0 Å². The van der Waals surface area contributed by atoms with Gasteiger partial charge in [0.15, 0.2) is 11.6 Å². The molecule has 0 aliphatic rings. The Morgan fingerprint density at radius 3 is 2.54 bits per heavy atom. The monoisotopic (exact) mass is 328 g/mol. The largest absolute Gasteiger partial charge is 0.424 e. The molecule has 0 saturated heterocycles. The van der Waals surface area contributed by atoms with E-state index in [2.05, 4.69) is 20.5 Å². The van der Waals surface area contributed by atoms with Crippen LogP contribution in [0.15, 0.2) is 46.6 Å². The lowest BCUT2D eigenvalue weighted by molar-refractivity contribution is -0.131. The summed E-state index contributed by atoms with van der Waals surface area (Å²) < 4.78 is 5.04. The standard InChI is InChI=1S/C15H16N6O3/c1-9(22)24-12-5-3-2-4-10(12)20-21-11-6-7-13(19-15(11)17)18-14(23)8-16/h2-7H,8,16H2,1H3,(H3,17,18,19,23)/b21-20+. The van der Waals surface area contributed by atoms with Crippen LogP contribution in [0.1, 0.15) is 6.92 Å². The predicted octanol–water partition coefficient (Wildman–Crippen LogP) is 1.90. The lowest BCUT2D eigenvalue weighted by Crippen LogP contribution is -2.22. The molecule has 0 unspecified atom stereocenters. The molecular weight excluding hydrogens is 312 g/mol. The van der Waals surface area contributed by atoms with E-state index < -0.39 is 5.97 Å². The van der Waals surface area contributed by atoms with Gasteiger partial charge in [-0.25, -0.2) is 4.98 Å². The fraction of sp³-hybridized carbons (Fsp3) is 0.133. The first-order valence-electron chi connectivity index (χ1n) is 6.95. The Morgan fingerprint density at radius 2 is 1.88 bits per heavy atom. The van der Waals surface area contributed by atoms with Crippen LogP contribution >= 0.6 is 0 Å². The molecular formula is C15H16N6O3. The Morgan fingerprint density at radius 1 is 1.17 bits per heavy atom. The summed E-state index contributed by atoms with van der Waals surface area (Å²) in [7, 11) is 0. The van der Waals surface area contributed by atoms with Gasteiger partial charge in [-0.15, -0.1) is 10.2 Å². The van der Waals surface area contributed by atoms with Gasteiger partial charge in [-0.1, -0.05) is 12.1 Å². The molecule has 0 saturated carbocycles. The van der Waals surface area contributed by atoms with E-state index in [0.29, 0.717) is 11.4 Å². The van der Waals surface area contributed by atoms with E-state index in [1.54, 1.807) is 30.3 Å². The summed E-state index contributed by atoms with van der Waals surface area (Å²) >= 11 is 0. The van der Waals surface area contributed by atoms with Crippen molar-refractivity contribution in [3.05, 3.63) is 36.4 Å². The Labute approximate surface area is 137 Å². The highest BCUT2D eigenvalue weighted by Crippen LogP contribution is 2.30. The number of nitrogen functional groups attached to an aromatic ring is 1. The van der Waals surface area contributed by atoms with Gasteiger partial charge in [0.05, 0.1) is 6.54 Å². The topological polar surface area (TPSA) is 145 Å². The lowest BCUT2D eigenvalue weighted by Gasteiger charge is -2.05. The minimum Gasteiger partial charge on any atom is -0.424 e. The number of nitrogens with one attached hydrogen (secondary N) is 1. The number of hydrogen-bond acceptors (Lipinski definition) is 8. The van der Waals surface area contributed by atoms with Crippen molar-refractivity contribution in [3.8, 4) is 5.75 Å². The minimum absolute atomic E-state index is 0.0820. The normalized spacial score (nSPS) is 10.6. The number of para-hydroxylation sites is 1. The quantitative estimate of drug-likeness (QED) is 0.434. The maximum Gasteiger partial charge on any atom is 0.308 e. The summed E-state index contributed by atoms with van der Waals surface area (Å²) in [6.45, 7) is 1.14. The first kappa shape index (κ1) is 17.0. The third-order valence-electron chi connectivity index (χ3n) is 2.74. The molecule has 1 aromatic carbocycles. The summed E-state index contributed by atoms with van der Waals surface area (Å²) in [5.74, 6) is -0.210. The molecule has 0 spiro atoms. The summed E-state index contributed by atoms with van der Waals surface area (Å²) in [5, 5.41) is 10.5. The van der Waals surface area contributed by atoms with E-state index in [9.17, 15) is 9.59 Å². The molecule has 24 heavy (non-hydrogen) atoms. The molecule has 2 rings (SSSR count). The number of anilines is 2. The zero-order valence-electron chi connectivity index (χ0n) is 12.9. The number of esters is 1. The van der Waals surface area contributed by atoms with E-state index in [1.807, 2.05) is 0 Å². The van der Waals surface area contributed by atoms with Crippen molar-refractivity contribution in [3.63, 3.8) is 0 Å². The van der Waals surface area contributed by atoms with Crippen LogP contribution in [0.2, 0.25) is 0 Å². The number of benzene rings is 1. The van der Waals surface area contributed by atoms with Gasteiger partial charge in [-0.05, 0) is 24.3 Å². The van der Waals surface area contributed by atoms with Crippen molar-refractivity contribution in [2.24, 2.45) is 16.0 Å². The number of amides is 1. The average Bonchev–Trinajstić information content (AvgIpc) is 2.54. The molecule has 1 amide bonds. The molecule has 2 aromatic rings. The van der Waals surface area contributed by atoms with E-state index in [4.69, 9.17) is 16.2 Å². The summed E-state index contributed by atoms with van der Waals surface area (Å²) in [5.41, 5.74) is 11.7. The third kappa shape index (κ3) is 4.58. The van der Waals surface area contributed by atoms with Crippen LogP contribution in [0.25, 0.3) is 0 Å². The molecule has 1 heterocycles. The first-order valence-corrected chi connectivity index (χ1v) is 6.95. The molecule has 0 aliphatic heterocycles. The highest BCUT2D eigenvalue weighted by atomic mass is 16.5. The van der Waals surface area contributed by atoms with Crippen LogP contribution in [0.5, 0.6) is 5.75 Å². The van der Waals surface area contributed by atoms with E-state index in [-0.39, 0.29) is 29.8 Å². The molecule has 0 atom stereocenters. The molecule has 0 fully saturated rings. The molecule has 0 radical (unpaired) electrons. The number of azo groups is 1. The summed E-state index contributed by atoms with van der Waals surface area (Å²) in [6.07, 6.45) is 0. The Balaban J connectivity index is 2.21. The van der Waals surface area contributed by atoms with Gasteiger partial charge in [0.1, 0.15) is 17.2 Å². The van der Waals surface area contributed by atoms with Crippen molar-refractivity contribution in [2.75, 3.05) is 17.6 Å². The van der Waals surface area contributed by atoms with Crippen LogP contribution in [-0.4, -0.2) is 23.4 Å². The molecule has 124 valence electrons. The molecule has 9 heteroatoms. The zero-order chi connectivity index (χ0) is 17.5. The number of rotatable bonds is 5. The number of aromatic nitrogens is 1. The number of carbonyl (C=O) groups is 2. The molecule has 0 aliphatic carbocycles. The molecule has 9 nitrogen and oxygen atoms in total. The van der Waals surface area contributed by atoms with Gasteiger partial charge < -0.3 is 21.5 Å². The Bertz CT molecular complexity index is 791. The van der Waals surface area contributed by atoms with Crippen LogP contribution in [-0.2, 0) is 9.59 Å². The average molecular weight is 328 g/mol. The predicted molar refractivity (Wildman–Crippen MR) is 88.3 cm³/mol. The summed E-state index contributed by atoms with van der Waals surface area (Å²) in [6, 6.07) is 9.75. The van der Waals surface area contributed by atoms with Crippen LogP contribution < -0.4 is 21.5 Å². The van der Waals surface area contributed by atoms with Crippen LogP contribution in [0.3, 0.4) is 0 Å². The number of hydrogen-bond donors (Lipinski definition) is 3. The Kier molecular flexibility index (Phi) is 5.53. The van der Waals surface area contributed by atoms with Gasteiger partial charge in [0, 0.05) is 6.92 Å². The second-order valence-electron chi connectivity index (χ2n) is 4.61. The van der Waals surface area contributed by atoms with Crippen molar-refractivity contribution in [1.29, 1.82) is 0 Å². The van der Waals surface area contributed by atoms with Crippen molar-refractivity contribution >= 4 is 34.9 Å². The second-order valence-corrected chi connectivity index (χ2v) is 4.61. The van der Waals surface area contributed by atoms with Gasteiger partial charge in [-0.3, -0.25) is 9.59 Å². The third-order valence-corrected chi connectivity index (χ3v) is 2.74. The Hall–Kier alpha value is -3.33. The molecule has 5 N–H and O–H groups in total. The van der Waals surface area contributed by atoms with Gasteiger partial charge >= 0.3 is 5.97 Å². The number of nitrogens with two attached hydrogens (primary N) is 2. The number of ether oxygens (including phenoxy) is 1. The lowest BCUT2D eigenvalue weighted by atomic mass is 10.3. The van der Waals surface area contributed by atoms with Crippen molar-refractivity contribution in [2.45, 2.75) is 6.92 Å². The van der Waals surface area contributed by atoms with Crippen molar-refractivity contribution in [1.82, 2.24) is 4.98 Å². The van der Waals surface area contributed by atoms with E-state index in [0.717, 1.165) is 0 Å². The number of pyridine rings is 1. The fourth-order valence-corrected chi connectivity index (χ4v) is 1.70. The van der Waals surface area contributed by atoms with Gasteiger partial charge in [0.25, 0.3) is 0 Å². The van der Waals surface area contributed by atoms with Gasteiger partial charge in [0.2, 0.25) is 5.91 Å².